The lowest BCUT2D eigenvalue weighted by Crippen LogP contribution is -2.43. The van der Waals surface area contributed by atoms with E-state index in [0.29, 0.717) is 42.9 Å². The average Bonchev–Trinajstić information content (AvgIpc) is 2.74. The molecule has 0 saturated carbocycles. The Balaban J connectivity index is 1.42. The van der Waals surface area contributed by atoms with Crippen LogP contribution in [0.25, 0.3) is 0 Å². The number of piperidine rings is 1. The van der Waals surface area contributed by atoms with Gasteiger partial charge in [0.1, 0.15) is 11.6 Å². The van der Waals surface area contributed by atoms with Crippen molar-refractivity contribution in [3.05, 3.63) is 59.9 Å². The van der Waals surface area contributed by atoms with E-state index < -0.39 is 0 Å². The Kier molecular flexibility index (Phi) is 7.19. The average molecular weight is 399 g/mol. The lowest BCUT2D eigenvalue weighted by atomic mass is 9.95. The Bertz CT molecular complexity index is 851. The topological polar surface area (TPSA) is 70.7 Å². The van der Waals surface area contributed by atoms with Crippen molar-refractivity contribution in [2.45, 2.75) is 19.4 Å². The van der Waals surface area contributed by atoms with Gasteiger partial charge in [0.2, 0.25) is 11.8 Å². The molecule has 0 atom stereocenters. The molecule has 1 heterocycles. The highest BCUT2D eigenvalue weighted by Crippen LogP contribution is 2.25. The summed E-state index contributed by atoms with van der Waals surface area (Å²) in [5.41, 5.74) is 1.13. The molecule has 1 fully saturated rings. The van der Waals surface area contributed by atoms with E-state index >= 15 is 0 Å². The van der Waals surface area contributed by atoms with E-state index in [2.05, 4.69) is 10.6 Å². The van der Waals surface area contributed by atoms with E-state index in [9.17, 15) is 14.0 Å². The van der Waals surface area contributed by atoms with Crippen LogP contribution in [0.1, 0.15) is 18.4 Å². The number of carbonyl (C=O) groups is 2. The number of nitrogens with zero attached hydrogens (tertiary/aromatic N) is 1. The van der Waals surface area contributed by atoms with Crippen LogP contribution in [0.5, 0.6) is 5.75 Å². The zero-order chi connectivity index (χ0) is 20.6. The van der Waals surface area contributed by atoms with Crippen molar-refractivity contribution in [3.8, 4) is 5.75 Å². The molecule has 0 aromatic heterocycles. The maximum atomic E-state index is 13.6. The summed E-state index contributed by atoms with van der Waals surface area (Å²) in [6, 6.07) is 13.7. The van der Waals surface area contributed by atoms with Crippen LogP contribution in [-0.2, 0) is 16.1 Å². The third-order valence-corrected chi connectivity index (χ3v) is 5.12. The van der Waals surface area contributed by atoms with Crippen LogP contribution in [-0.4, -0.2) is 43.5 Å². The zero-order valence-corrected chi connectivity index (χ0v) is 16.5. The molecule has 154 valence electrons. The van der Waals surface area contributed by atoms with E-state index in [1.165, 1.54) is 6.07 Å². The molecular weight excluding hydrogens is 373 g/mol. The number of benzene rings is 2. The number of ether oxygens (including phenoxy) is 1. The fourth-order valence-electron chi connectivity index (χ4n) is 3.43. The van der Waals surface area contributed by atoms with Gasteiger partial charge in [0.05, 0.1) is 19.3 Å². The highest BCUT2D eigenvalue weighted by Gasteiger charge is 2.26. The summed E-state index contributed by atoms with van der Waals surface area (Å²) in [7, 11) is 1.57. The van der Waals surface area contributed by atoms with Crippen LogP contribution < -0.4 is 15.4 Å². The number of methoxy groups -OCH3 is 1. The second kappa shape index (κ2) is 10.0. The molecule has 2 N–H and O–H groups in total. The molecule has 1 aliphatic rings. The van der Waals surface area contributed by atoms with Gasteiger partial charge in [-0.15, -0.1) is 0 Å². The number of carbonyl (C=O) groups excluding carboxylic acids is 2. The smallest absolute Gasteiger partial charge is 0.234 e. The van der Waals surface area contributed by atoms with Gasteiger partial charge >= 0.3 is 0 Å². The maximum Gasteiger partial charge on any atom is 0.234 e. The van der Waals surface area contributed by atoms with Gasteiger partial charge < -0.3 is 15.4 Å². The van der Waals surface area contributed by atoms with Crippen LogP contribution in [0.4, 0.5) is 10.1 Å². The number of amides is 2. The summed E-state index contributed by atoms with van der Waals surface area (Å²) in [6.45, 7) is 1.74. The van der Waals surface area contributed by atoms with Gasteiger partial charge in [-0.2, -0.15) is 0 Å². The largest absolute Gasteiger partial charge is 0.495 e. The molecule has 2 aromatic carbocycles. The number of para-hydroxylation sites is 2. The highest BCUT2D eigenvalue weighted by molar-refractivity contribution is 5.94. The quantitative estimate of drug-likeness (QED) is 0.751. The van der Waals surface area contributed by atoms with Crippen LogP contribution in [0, 0.1) is 11.7 Å². The lowest BCUT2D eigenvalue weighted by molar-refractivity contribution is -0.123. The number of hydrogen-bond donors (Lipinski definition) is 2. The van der Waals surface area contributed by atoms with Crippen molar-refractivity contribution < 1.29 is 18.7 Å². The van der Waals surface area contributed by atoms with E-state index in [0.717, 1.165) is 0 Å². The minimum Gasteiger partial charge on any atom is -0.495 e. The van der Waals surface area contributed by atoms with Crippen molar-refractivity contribution >= 4 is 17.5 Å². The van der Waals surface area contributed by atoms with Crippen LogP contribution in [0.3, 0.4) is 0 Å². The Labute approximate surface area is 170 Å². The first-order valence-corrected chi connectivity index (χ1v) is 9.73. The first kappa shape index (κ1) is 20.8. The molecule has 1 aliphatic heterocycles. The minimum atomic E-state index is -0.324. The predicted octanol–water partition coefficient (Wildman–Crippen LogP) is 2.80. The molecule has 29 heavy (non-hydrogen) atoms. The van der Waals surface area contributed by atoms with Crippen molar-refractivity contribution in [1.29, 1.82) is 0 Å². The van der Waals surface area contributed by atoms with Crippen LogP contribution >= 0.6 is 0 Å². The highest BCUT2D eigenvalue weighted by atomic mass is 19.1. The molecule has 0 radical (unpaired) electrons. The van der Waals surface area contributed by atoms with Gasteiger partial charge in [-0.1, -0.05) is 30.3 Å². The third kappa shape index (κ3) is 5.77. The first-order chi connectivity index (χ1) is 14.1. The molecule has 6 nitrogen and oxygen atoms in total. The molecule has 2 amide bonds. The summed E-state index contributed by atoms with van der Waals surface area (Å²) in [5.74, 6) is 0.0282. The third-order valence-electron chi connectivity index (χ3n) is 5.12. The molecule has 3 rings (SSSR count). The Morgan fingerprint density at radius 3 is 2.52 bits per heavy atom. The molecule has 0 unspecified atom stereocenters. The first-order valence-electron chi connectivity index (χ1n) is 9.73. The number of likely N-dealkylation sites (tertiary alicyclic amines) is 1. The van der Waals surface area contributed by atoms with E-state index in [1.807, 2.05) is 23.1 Å². The fourth-order valence-corrected chi connectivity index (χ4v) is 3.43. The van der Waals surface area contributed by atoms with Gasteiger partial charge in [-0.25, -0.2) is 4.39 Å². The van der Waals surface area contributed by atoms with E-state index in [-0.39, 0.29) is 36.6 Å². The van der Waals surface area contributed by atoms with Crippen molar-refractivity contribution in [3.63, 3.8) is 0 Å². The van der Waals surface area contributed by atoms with Gasteiger partial charge in [-0.3, -0.25) is 14.5 Å². The number of hydrogen-bond acceptors (Lipinski definition) is 4. The van der Waals surface area contributed by atoms with Gasteiger partial charge in [-0.05, 0) is 44.1 Å². The monoisotopic (exact) mass is 399 g/mol. The molecule has 0 spiro atoms. The van der Waals surface area contributed by atoms with Crippen molar-refractivity contribution in [2.75, 3.05) is 32.1 Å². The number of halogens is 1. The summed E-state index contributed by atoms with van der Waals surface area (Å²) in [4.78, 5) is 26.7. The molecule has 0 bridgehead atoms. The minimum absolute atomic E-state index is 0.0295. The molecule has 7 heteroatoms. The van der Waals surface area contributed by atoms with Crippen molar-refractivity contribution in [2.24, 2.45) is 5.92 Å². The standard InChI is InChI=1S/C22H26FN3O3/c1-29-20-9-5-4-8-19(20)25-22(28)16-10-12-26(13-11-16)15-21(27)24-14-17-6-2-3-7-18(17)23/h2-9,16H,10-15H2,1H3,(H,24,27)(H,25,28). The van der Waals surface area contributed by atoms with Crippen molar-refractivity contribution in [1.82, 2.24) is 10.2 Å². The summed E-state index contributed by atoms with van der Waals surface area (Å²) in [5, 5.41) is 5.69. The lowest BCUT2D eigenvalue weighted by Gasteiger charge is -2.30. The van der Waals surface area contributed by atoms with Gasteiger partial charge in [0, 0.05) is 18.0 Å². The zero-order valence-electron chi connectivity index (χ0n) is 16.5. The number of rotatable bonds is 7. The predicted molar refractivity (Wildman–Crippen MR) is 109 cm³/mol. The second-order valence-corrected chi connectivity index (χ2v) is 7.11. The Hall–Kier alpha value is -2.93. The molecule has 1 saturated heterocycles. The molecule has 2 aromatic rings. The fraction of sp³-hybridized carbons (Fsp3) is 0.364. The van der Waals surface area contributed by atoms with Crippen LogP contribution in [0.15, 0.2) is 48.5 Å². The Morgan fingerprint density at radius 2 is 1.79 bits per heavy atom. The van der Waals surface area contributed by atoms with Gasteiger partial charge in [0.25, 0.3) is 0 Å². The Morgan fingerprint density at radius 1 is 1.10 bits per heavy atom. The molecular formula is C22H26FN3O3. The van der Waals surface area contributed by atoms with Crippen LogP contribution in [0.2, 0.25) is 0 Å². The summed E-state index contributed by atoms with van der Waals surface area (Å²) >= 11 is 0. The normalized spacial score (nSPS) is 15.0. The summed E-state index contributed by atoms with van der Waals surface area (Å²) in [6.07, 6.45) is 1.36. The maximum absolute atomic E-state index is 13.6. The van der Waals surface area contributed by atoms with E-state index in [1.54, 1.807) is 31.4 Å². The van der Waals surface area contributed by atoms with Gasteiger partial charge in [0.15, 0.2) is 0 Å². The number of anilines is 1. The van der Waals surface area contributed by atoms with E-state index in [4.69, 9.17) is 4.74 Å². The summed E-state index contributed by atoms with van der Waals surface area (Å²) < 4.78 is 18.9. The SMILES string of the molecule is COc1ccccc1NC(=O)C1CCN(CC(=O)NCc2ccccc2F)CC1. The second-order valence-electron chi connectivity index (χ2n) is 7.11. The number of nitrogens with one attached hydrogen (secondary N) is 2. The molecule has 0 aliphatic carbocycles.